The average molecular weight is 306 g/mol. The van der Waals surface area contributed by atoms with E-state index in [2.05, 4.69) is 19.2 Å². The Balaban J connectivity index is 1.81. The van der Waals surface area contributed by atoms with E-state index >= 15 is 0 Å². The van der Waals surface area contributed by atoms with Crippen molar-refractivity contribution in [1.29, 1.82) is 0 Å². The third-order valence-corrected chi connectivity index (χ3v) is 4.47. The SMILES string of the molecule is C[C@@H]1[C@@H](C)CCC[C@H]1NC(=O)COc1ccc([N+](=O)[O-])cc1. The molecule has 1 fully saturated rings. The Kier molecular flexibility index (Phi) is 5.35. The molecule has 0 unspecified atom stereocenters. The topological polar surface area (TPSA) is 81.5 Å². The number of amides is 1. The predicted octanol–water partition coefficient (Wildman–Crippen LogP) is 2.91. The van der Waals surface area contributed by atoms with Gasteiger partial charge in [0.15, 0.2) is 6.61 Å². The lowest BCUT2D eigenvalue weighted by Crippen LogP contribution is -2.45. The third kappa shape index (κ3) is 4.19. The van der Waals surface area contributed by atoms with Gasteiger partial charge in [-0.1, -0.05) is 26.7 Å². The molecular formula is C16H22N2O4. The number of carbonyl (C=O) groups is 1. The third-order valence-electron chi connectivity index (χ3n) is 4.47. The summed E-state index contributed by atoms with van der Waals surface area (Å²) >= 11 is 0. The second-order valence-corrected chi connectivity index (χ2v) is 5.98. The monoisotopic (exact) mass is 306 g/mol. The summed E-state index contributed by atoms with van der Waals surface area (Å²) in [5.41, 5.74) is 0.00168. The summed E-state index contributed by atoms with van der Waals surface area (Å²) in [6.07, 6.45) is 3.36. The van der Waals surface area contributed by atoms with E-state index in [9.17, 15) is 14.9 Å². The molecule has 120 valence electrons. The predicted molar refractivity (Wildman–Crippen MR) is 82.7 cm³/mol. The summed E-state index contributed by atoms with van der Waals surface area (Å²) in [5, 5.41) is 13.6. The quantitative estimate of drug-likeness (QED) is 0.670. The Morgan fingerprint density at radius 1 is 1.32 bits per heavy atom. The zero-order valence-electron chi connectivity index (χ0n) is 13.0. The highest BCUT2D eigenvalue weighted by atomic mass is 16.6. The van der Waals surface area contributed by atoms with Gasteiger partial charge < -0.3 is 10.1 Å². The summed E-state index contributed by atoms with van der Waals surface area (Å²) in [7, 11) is 0. The Morgan fingerprint density at radius 2 is 2.00 bits per heavy atom. The lowest BCUT2D eigenvalue weighted by molar-refractivity contribution is -0.384. The van der Waals surface area contributed by atoms with Crippen LogP contribution in [0, 0.1) is 22.0 Å². The molecule has 1 aliphatic rings. The molecule has 1 saturated carbocycles. The molecule has 6 nitrogen and oxygen atoms in total. The number of non-ortho nitro benzene ring substituents is 1. The van der Waals surface area contributed by atoms with Crippen molar-refractivity contribution < 1.29 is 14.5 Å². The summed E-state index contributed by atoms with van der Waals surface area (Å²) < 4.78 is 5.37. The maximum Gasteiger partial charge on any atom is 0.269 e. The van der Waals surface area contributed by atoms with E-state index in [1.165, 1.54) is 30.7 Å². The molecule has 0 aliphatic heterocycles. The van der Waals surface area contributed by atoms with Crippen LogP contribution >= 0.6 is 0 Å². The first kappa shape index (κ1) is 16.3. The van der Waals surface area contributed by atoms with Gasteiger partial charge >= 0.3 is 0 Å². The molecular weight excluding hydrogens is 284 g/mol. The summed E-state index contributed by atoms with van der Waals surface area (Å²) in [5.74, 6) is 1.39. The Bertz CT molecular complexity index is 529. The minimum absolute atomic E-state index is 0.00168. The van der Waals surface area contributed by atoms with Crippen molar-refractivity contribution in [2.24, 2.45) is 11.8 Å². The zero-order chi connectivity index (χ0) is 16.1. The number of nitro benzene ring substituents is 1. The first-order valence-electron chi connectivity index (χ1n) is 7.64. The molecule has 1 aromatic carbocycles. The standard InChI is InChI=1S/C16H22N2O4/c1-11-4-3-5-15(12(11)2)17-16(19)10-22-14-8-6-13(7-9-14)18(20)21/h6-9,11-12,15H,3-5,10H2,1-2H3,(H,17,19)/t11-,12+,15+/m0/s1. The van der Waals surface area contributed by atoms with Gasteiger partial charge in [0.25, 0.3) is 11.6 Å². The summed E-state index contributed by atoms with van der Waals surface area (Å²) in [4.78, 5) is 22.1. The van der Waals surface area contributed by atoms with E-state index < -0.39 is 4.92 Å². The number of benzene rings is 1. The highest BCUT2D eigenvalue weighted by Crippen LogP contribution is 2.29. The molecule has 0 heterocycles. The van der Waals surface area contributed by atoms with Crippen LogP contribution in [0.5, 0.6) is 5.75 Å². The van der Waals surface area contributed by atoms with Crippen molar-refractivity contribution in [3.05, 3.63) is 34.4 Å². The fourth-order valence-corrected chi connectivity index (χ4v) is 2.85. The fourth-order valence-electron chi connectivity index (χ4n) is 2.85. The second-order valence-electron chi connectivity index (χ2n) is 5.98. The number of nitrogens with one attached hydrogen (secondary N) is 1. The molecule has 22 heavy (non-hydrogen) atoms. The average Bonchev–Trinajstić information content (AvgIpc) is 2.50. The van der Waals surface area contributed by atoms with Crippen molar-refractivity contribution in [3.63, 3.8) is 0 Å². The number of ether oxygens (including phenoxy) is 1. The summed E-state index contributed by atoms with van der Waals surface area (Å²) in [6, 6.07) is 5.92. The van der Waals surface area contributed by atoms with Crippen LogP contribution in [-0.4, -0.2) is 23.5 Å². The van der Waals surface area contributed by atoms with Gasteiger partial charge in [-0.15, -0.1) is 0 Å². The van der Waals surface area contributed by atoms with E-state index in [1.54, 1.807) is 0 Å². The highest BCUT2D eigenvalue weighted by molar-refractivity contribution is 5.77. The number of hydrogen-bond donors (Lipinski definition) is 1. The van der Waals surface area contributed by atoms with Crippen molar-refractivity contribution in [2.45, 2.75) is 39.2 Å². The number of carbonyl (C=O) groups excluding carboxylic acids is 1. The molecule has 2 rings (SSSR count). The lowest BCUT2D eigenvalue weighted by Gasteiger charge is -2.34. The van der Waals surface area contributed by atoms with E-state index in [4.69, 9.17) is 4.74 Å². The van der Waals surface area contributed by atoms with Crippen LogP contribution in [0.4, 0.5) is 5.69 Å². The van der Waals surface area contributed by atoms with Gasteiger partial charge in [-0.05, 0) is 30.4 Å². The number of rotatable bonds is 5. The maximum absolute atomic E-state index is 12.0. The second kappa shape index (κ2) is 7.24. The maximum atomic E-state index is 12.0. The molecule has 3 atom stereocenters. The van der Waals surface area contributed by atoms with Crippen molar-refractivity contribution in [3.8, 4) is 5.75 Å². The van der Waals surface area contributed by atoms with Crippen LogP contribution in [0.1, 0.15) is 33.1 Å². The van der Waals surface area contributed by atoms with Crippen molar-refractivity contribution in [1.82, 2.24) is 5.32 Å². The van der Waals surface area contributed by atoms with E-state index in [1.807, 2.05) is 0 Å². The van der Waals surface area contributed by atoms with Crippen molar-refractivity contribution >= 4 is 11.6 Å². The molecule has 0 spiro atoms. The van der Waals surface area contributed by atoms with Crippen LogP contribution in [0.15, 0.2) is 24.3 Å². The van der Waals surface area contributed by atoms with Crippen LogP contribution in [-0.2, 0) is 4.79 Å². The highest BCUT2D eigenvalue weighted by Gasteiger charge is 2.28. The Morgan fingerprint density at radius 3 is 2.64 bits per heavy atom. The molecule has 0 aromatic heterocycles. The lowest BCUT2D eigenvalue weighted by atomic mass is 9.78. The zero-order valence-corrected chi connectivity index (χ0v) is 13.0. The molecule has 1 N–H and O–H groups in total. The fraction of sp³-hybridized carbons (Fsp3) is 0.562. The van der Waals surface area contributed by atoms with Crippen LogP contribution in [0.3, 0.4) is 0 Å². The van der Waals surface area contributed by atoms with Gasteiger partial charge in [0.2, 0.25) is 0 Å². The van der Waals surface area contributed by atoms with E-state index in [0.717, 1.165) is 12.8 Å². The van der Waals surface area contributed by atoms with Gasteiger partial charge in [0, 0.05) is 18.2 Å². The molecule has 6 heteroatoms. The van der Waals surface area contributed by atoms with E-state index in [-0.39, 0.29) is 24.2 Å². The number of nitro groups is 1. The molecule has 1 aromatic rings. The first-order valence-corrected chi connectivity index (χ1v) is 7.64. The molecule has 0 bridgehead atoms. The van der Waals surface area contributed by atoms with Gasteiger partial charge in [-0.2, -0.15) is 0 Å². The Hall–Kier alpha value is -2.11. The first-order chi connectivity index (χ1) is 10.5. The Labute approximate surface area is 130 Å². The largest absolute Gasteiger partial charge is 0.484 e. The molecule has 0 saturated heterocycles. The van der Waals surface area contributed by atoms with Crippen LogP contribution in [0.2, 0.25) is 0 Å². The molecule has 0 radical (unpaired) electrons. The smallest absolute Gasteiger partial charge is 0.269 e. The number of hydrogen-bond acceptors (Lipinski definition) is 4. The minimum atomic E-state index is -0.470. The van der Waals surface area contributed by atoms with Gasteiger partial charge in [0.05, 0.1) is 4.92 Å². The minimum Gasteiger partial charge on any atom is -0.484 e. The molecule has 1 aliphatic carbocycles. The van der Waals surface area contributed by atoms with E-state index in [0.29, 0.717) is 17.6 Å². The number of nitrogens with zero attached hydrogens (tertiary/aromatic N) is 1. The summed E-state index contributed by atoms with van der Waals surface area (Å²) in [6.45, 7) is 4.32. The normalized spacial score (nSPS) is 24.5. The van der Waals surface area contributed by atoms with Gasteiger partial charge in [-0.3, -0.25) is 14.9 Å². The van der Waals surface area contributed by atoms with Crippen LogP contribution in [0.25, 0.3) is 0 Å². The van der Waals surface area contributed by atoms with Gasteiger partial charge in [-0.25, -0.2) is 0 Å². The molecule has 1 amide bonds. The van der Waals surface area contributed by atoms with Crippen molar-refractivity contribution in [2.75, 3.05) is 6.61 Å². The van der Waals surface area contributed by atoms with Crippen LogP contribution < -0.4 is 10.1 Å². The van der Waals surface area contributed by atoms with Gasteiger partial charge in [0.1, 0.15) is 5.75 Å².